The molecule has 0 bridgehead atoms. The van der Waals surface area contributed by atoms with Gasteiger partial charge in [0, 0.05) is 13.1 Å². The van der Waals surface area contributed by atoms with E-state index in [1.54, 1.807) is 6.92 Å². The number of fused-ring (bicyclic) bond motifs is 1. The maximum atomic E-state index is 11.5. The molecule has 0 aliphatic carbocycles. The molecule has 23 heavy (non-hydrogen) atoms. The molecule has 7 heteroatoms. The van der Waals surface area contributed by atoms with Crippen LogP contribution in [0.4, 0.5) is 5.82 Å². The number of hydrogen-bond acceptors (Lipinski definition) is 5. The Balaban J connectivity index is 2.08. The molecule has 2 aromatic heterocycles. The second-order valence-electron chi connectivity index (χ2n) is 5.40. The van der Waals surface area contributed by atoms with Crippen LogP contribution in [-0.2, 0) is 0 Å². The molecule has 1 aromatic carbocycles. The number of benzene rings is 1. The molecular weight excluding hydrogens is 294 g/mol. The molecule has 0 spiro atoms. The zero-order valence-corrected chi connectivity index (χ0v) is 13.1. The van der Waals surface area contributed by atoms with Gasteiger partial charge in [0.25, 0.3) is 0 Å². The summed E-state index contributed by atoms with van der Waals surface area (Å²) in [5, 5.41) is 21.7. The van der Waals surface area contributed by atoms with Gasteiger partial charge in [-0.05, 0) is 19.4 Å². The van der Waals surface area contributed by atoms with Crippen molar-refractivity contribution in [1.29, 1.82) is 0 Å². The minimum atomic E-state index is -1.05. The fourth-order valence-electron chi connectivity index (χ4n) is 2.45. The highest BCUT2D eigenvalue weighted by atomic mass is 16.4. The molecule has 1 N–H and O–H groups in total. The van der Waals surface area contributed by atoms with Crippen molar-refractivity contribution in [3.05, 3.63) is 53.3 Å². The molecular formula is C16H17N5O2. The number of aryl methyl sites for hydroxylation is 1. The second-order valence-corrected chi connectivity index (χ2v) is 5.40. The largest absolute Gasteiger partial charge is 0.478 e. The van der Waals surface area contributed by atoms with E-state index in [-0.39, 0.29) is 17.3 Å². The molecule has 1 atom stereocenters. The Hall–Kier alpha value is -2.96. The lowest BCUT2D eigenvalue weighted by Crippen LogP contribution is -2.24. The predicted molar refractivity (Wildman–Crippen MR) is 85.7 cm³/mol. The van der Waals surface area contributed by atoms with E-state index in [9.17, 15) is 9.90 Å². The summed E-state index contributed by atoms with van der Waals surface area (Å²) < 4.78 is 1.47. The van der Waals surface area contributed by atoms with E-state index in [2.05, 4.69) is 15.3 Å². The van der Waals surface area contributed by atoms with E-state index in [0.717, 1.165) is 5.56 Å². The number of hydrogen-bond donors (Lipinski definition) is 1. The van der Waals surface area contributed by atoms with Gasteiger partial charge < -0.3 is 10.0 Å². The topological polar surface area (TPSA) is 83.6 Å². The minimum Gasteiger partial charge on any atom is -0.478 e. The first kappa shape index (κ1) is 15.0. The summed E-state index contributed by atoms with van der Waals surface area (Å²) in [6, 6.07) is 11.5. The molecule has 0 amide bonds. The zero-order chi connectivity index (χ0) is 16.6. The van der Waals surface area contributed by atoms with Gasteiger partial charge in [-0.15, -0.1) is 15.3 Å². The summed E-state index contributed by atoms with van der Waals surface area (Å²) in [4.78, 5) is 13.4. The Morgan fingerprint density at radius 2 is 1.96 bits per heavy atom. The summed E-state index contributed by atoms with van der Waals surface area (Å²) >= 11 is 0. The van der Waals surface area contributed by atoms with Gasteiger partial charge >= 0.3 is 5.97 Å². The molecule has 118 valence electrons. The van der Waals surface area contributed by atoms with E-state index in [4.69, 9.17) is 0 Å². The van der Waals surface area contributed by atoms with Crippen molar-refractivity contribution in [2.24, 2.45) is 0 Å². The number of carboxylic acid groups (broad SMARTS) is 1. The van der Waals surface area contributed by atoms with Gasteiger partial charge in [-0.25, -0.2) is 4.79 Å². The van der Waals surface area contributed by atoms with Crippen LogP contribution in [0.5, 0.6) is 0 Å². The molecule has 0 unspecified atom stereocenters. The lowest BCUT2D eigenvalue weighted by molar-refractivity contribution is 0.0698. The van der Waals surface area contributed by atoms with Crippen LogP contribution in [-0.4, -0.2) is 37.9 Å². The fourth-order valence-corrected chi connectivity index (χ4v) is 2.45. The van der Waals surface area contributed by atoms with Crippen LogP contribution < -0.4 is 4.90 Å². The number of anilines is 1. The van der Waals surface area contributed by atoms with Gasteiger partial charge in [0.05, 0.1) is 6.04 Å². The highest BCUT2D eigenvalue weighted by Gasteiger charge is 2.20. The van der Waals surface area contributed by atoms with Crippen LogP contribution in [0, 0.1) is 6.92 Å². The fraction of sp³-hybridized carbons (Fsp3) is 0.250. The highest BCUT2D eigenvalue weighted by molar-refractivity contribution is 5.95. The molecule has 0 saturated carbocycles. The average Bonchev–Trinajstić information content (AvgIpc) is 2.94. The second kappa shape index (κ2) is 5.68. The summed E-state index contributed by atoms with van der Waals surface area (Å²) in [5.74, 6) is 0.0473. The molecule has 0 aliphatic rings. The monoisotopic (exact) mass is 311 g/mol. The van der Waals surface area contributed by atoms with Crippen molar-refractivity contribution in [3.8, 4) is 0 Å². The molecule has 2 heterocycles. The number of nitrogens with zero attached hydrogens (tertiary/aromatic N) is 5. The van der Waals surface area contributed by atoms with Crippen molar-refractivity contribution < 1.29 is 9.90 Å². The van der Waals surface area contributed by atoms with Gasteiger partial charge in [0.15, 0.2) is 17.3 Å². The SMILES string of the molecule is Cc1nnc2c(C(=O)O)cc(N(C)[C@@H](C)c3ccccc3)nn12. The predicted octanol–water partition coefficient (Wildman–Crippen LogP) is 2.33. The smallest absolute Gasteiger partial charge is 0.339 e. The van der Waals surface area contributed by atoms with Gasteiger partial charge in [-0.2, -0.15) is 4.52 Å². The third kappa shape index (κ3) is 2.61. The van der Waals surface area contributed by atoms with Crippen molar-refractivity contribution in [1.82, 2.24) is 19.8 Å². The normalized spacial score (nSPS) is 12.3. The maximum absolute atomic E-state index is 11.5. The molecule has 3 aromatic rings. The molecule has 0 aliphatic heterocycles. The average molecular weight is 311 g/mol. The minimum absolute atomic E-state index is 0.0413. The van der Waals surface area contributed by atoms with Crippen LogP contribution in [0.15, 0.2) is 36.4 Å². The summed E-state index contributed by atoms with van der Waals surface area (Å²) in [6.45, 7) is 3.78. The Morgan fingerprint density at radius 1 is 1.26 bits per heavy atom. The van der Waals surface area contributed by atoms with Crippen LogP contribution in [0.3, 0.4) is 0 Å². The highest BCUT2D eigenvalue weighted by Crippen LogP contribution is 2.25. The molecule has 0 radical (unpaired) electrons. The number of aromatic carboxylic acids is 1. The van der Waals surface area contributed by atoms with E-state index in [1.807, 2.05) is 49.2 Å². The maximum Gasteiger partial charge on any atom is 0.339 e. The zero-order valence-electron chi connectivity index (χ0n) is 13.1. The molecule has 0 saturated heterocycles. The third-order valence-corrected chi connectivity index (χ3v) is 3.97. The number of carbonyl (C=O) groups is 1. The van der Waals surface area contributed by atoms with E-state index in [1.165, 1.54) is 10.6 Å². The Labute approximate surface area is 133 Å². The summed E-state index contributed by atoms with van der Waals surface area (Å²) in [5.41, 5.74) is 1.46. The van der Waals surface area contributed by atoms with Crippen molar-refractivity contribution in [2.45, 2.75) is 19.9 Å². The molecule has 0 fully saturated rings. The van der Waals surface area contributed by atoms with E-state index >= 15 is 0 Å². The first-order chi connectivity index (χ1) is 11.0. The van der Waals surface area contributed by atoms with Gasteiger partial charge in [0.2, 0.25) is 0 Å². The van der Waals surface area contributed by atoms with Gasteiger partial charge in [-0.1, -0.05) is 30.3 Å². The Kier molecular flexibility index (Phi) is 3.69. The summed E-state index contributed by atoms with van der Waals surface area (Å²) in [7, 11) is 1.89. The summed E-state index contributed by atoms with van der Waals surface area (Å²) in [6.07, 6.45) is 0. The van der Waals surface area contributed by atoms with Crippen LogP contribution in [0.2, 0.25) is 0 Å². The van der Waals surface area contributed by atoms with Crippen molar-refractivity contribution in [2.75, 3.05) is 11.9 Å². The number of rotatable bonds is 4. The van der Waals surface area contributed by atoms with Crippen molar-refractivity contribution >= 4 is 17.4 Å². The third-order valence-electron chi connectivity index (χ3n) is 3.97. The van der Waals surface area contributed by atoms with Crippen LogP contribution in [0.1, 0.15) is 34.7 Å². The molecule has 3 rings (SSSR count). The number of carboxylic acids is 1. The standard InChI is InChI=1S/C16H17N5O2/c1-10(12-7-5-4-6-8-12)20(3)14-9-13(16(22)23)15-18-17-11(2)21(15)19-14/h4-10H,1-3H3,(H,22,23)/t10-/m0/s1. The van der Waals surface area contributed by atoms with Crippen LogP contribution in [0.25, 0.3) is 5.65 Å². The first-order valence-electron chi connectivity index (χ1n) is 7.23. The molecule has 7 nitrogen and oxygen atoms in total. The number of aromatic nitrogens is 4. The van der Waals surface area contributed by atoms with Crippen molar-refractivity contribution in [3.63, 3.8) is 0 Å². The lowest BCUT2D eigenvalue weighted by atomic mass is 10.1. The Bertz CT molecular complexity index is 860. The quantitative estimate of drug-likeness (QED) is 0.796. The van der Waals surface area contributed by atoms with E-state index < -0.39 is 5.97 Å². The van der Waals surface area contributed by atoms with E-state index in [0.29, 0.717) is 11.6 Å². The van der Waals surface area contributed by atoms with Gasteiger partial charge in [0.1, 0.15) is 5.56 Å². The first-order valence-corrected chi connectivity index (χ1v) is 7.23. The lowest BCUT2D eigenvalue weighted by Gasteiger charge is -2.26. The Morgan fingerprint density at radius 3 is 2.61 bits per heavy atom. The van der Waals surface area contributed by atoms with Crippen LogP contribution >= 0.6 is 0 Å². The van der Waals surface area contributed by atoms with Gasteiger partial charge in [-0.3, -0.25) is 0 Å².